The molecule has 0 aliphatic heterocycles. The van der Waals surface area contributed by atoms with Gasteiger partial charge < -0.3 is 19.7 Å². The first kappa shape index (κ1) is 14.4. The molecule has 20 heavy (non-hydrogen) atoms. The Morgan fingerprint density at radius 1 is 1.50 bits per heavy atom. The van der Waals surface area contributed by atoms with Gasteiger partial charge in [-0.3, -0.25) is 9.59 Å². The topological polar surface area (TPSA) is 102 Å². The number of amides is 1. The maximum absolute atomic E-state index is 11.9. The molecule has 1 heterocycles. The van der Waals surface area contributed by atoms with Gasteiger partial charge in [0.05, 0.1) is 12.0 Å². The van der Waals surface area contributed by atoms with Crippen molar-refractivity contribution in [2.45, 2.75) is 44.6 Å². The number of nitrogens with zero attached hydrogens (tertiary/aromatic N) is 1. The predicted molar refractivity (Wildman–Crippen MR) is 68.3 cm³/mol. The molecule has 0 radical (unpaired) electrons. The average molecular weight is 282 g/mol. The van der Waals surface area contributed by atoms with Crippen LogP contribution >= 0.6 is 0 Å². The molecule has 1 saturated carbocycles. The summed E-state index contributed by atoms with van der Waals surface area (Å²) < 4.78 is 10.0. The number of nitrogens with one attached hydrogen (secondary N) is 1. The zero-order valence-corrected chi connectivity index (χ0v) is 11.3. The third-order valence-electron chi connectivity index (χ3n) is 3.41. The Bertz CT molecular complexity index is 491. The molecule has 1 aliphatic carbocycles. The fourth-order valence-corrected chi connectivity index (χ4v) is 2.57. The van der Waals surface area contributed by atoms with E-state index in [-0.39, 0.29) is 24.8 Å². The van der Waals surface area contributed by atoms with Gasteiger partial charge in [-0.1, -0.05) is 12.8 Å². The van der Waals surface area contributed by atoms with Gasteiger partial charge in [0.25, 0.3) is 11.8 Å². The van der Waals surface area contributed by atoms with Gasteiger partial charge in [-0.2, -0.15) is 0 Å². The molecular weight excluding hydrogens is 264 g/mol. The SMILES string of the molecule is Cc1cc(OCC(=O)NC2(CC(=O)O)CCCC2)no1. The summed E-state index contributed by atoms with van der Waals surface area (Å²) in [6.07, 6.45) is 3.18. The van der Waals surface area contributed by atoms with Crippen LogP contribution in [0.4, 0.5) is 0 Å². The number of hydrogen-bond acceptors (Lipinski definition) is 5. The zero-order chi connectivity index (χ0) is 14.6. The second-order valence-corrected chi connectivity index (χ2v) is 5.17. The van der Waals surface area contributed by atoms with Crippen LogP contribution in [0.1, 0.15) is 37.9 Å². The van der Waals surface area contributed by atoms with Gasteiger partial charge in [0, 0.05) is 6.07 Å². The van der Waals surface area contributed by atoms with E-state index < -0.39 is 11.5 Å². The van der Waals surface area contributed by atoms with E-state index in [9.17, 15) is 9.59 Å². The van der Waals surface area contributed by atoms with Crippen LogP contribution in [0.15, 0.2) is 10.6 Å². The molecule has 1 aromatic heterocycles. The fraction of sp³-hybridized carbons (Fsp3) is 0.615. The van der Waals surface area contributed by atoms with E-state index in [1.54, 1.807) is 13.0 Å². The lowest BCUT2D eigenvalue weighted by Gasteiger charge is -2.28. The highest BCUT2D eigenvalue weighted by Gasteiger charge is 2.37. The molecule has 0 aromatic carbocycles. The average Bonchev–Trinajstić information content (AvgIpc) is 2.95. The van der Waals surface area contributed by atoms with Crippen LogP contribution in [0.3, 0.4) is 0 Å². The van der Waals surface area contributed by atoms with Crippen molar-refractivity contribution >= 4 is 11.9 Å². The summed E-state index contributed by atoms with van der Waals surface area (Å²) in [6.45, 7) is 1.52. The third kappa shape index (κ3) is 3.72. The normalized spacial score (nSPS) is 16.9. The predicted octanol–water partition coefficient (Wildman–Crippen LogP) is 1.27. The molecule has 2 N–H and O–H groups in total. The summed E-state index contributed by atoms with van der Waals surface area (Å²) in [7, 11) is 0. The minimum Gasteiger partial charge on any atom is -0.481 e. The third-order valence-corrected chi connectivity index (χ3v) is 3.41. The Balaban J connectivity index is 1.87. The first-order chi connectivity index (χ1) is 9.49. The van der Waals surface area contributed by atoms with Crippen molar-refractivity contribution in [3.8, 4) is 5.88 Å². The van der Waals surface area contributed by atoms with Crippen molar-refractivity contribution in [3.63, 3.8) is 0 Å². The largest absolute Gasteiger partial charge is 0.481 e. The van der Waals surface area contributed by atoms with Crippen molar-refractivity contribution in [2.75, 3.05) is 6.61 Å². The summed E-state index contributed by atoms with van der Waals surface area (Å²) in [5.41, 5.74) is -0.633. The van der Waals surface area contributed by atoms with Gasteiger partial charge in [-0.15, -0.1) is 0 Å². The van der Waals surface area contributed by atoms with Gasteiger partial charge in [0.1, 0.15) is 5.76 Å². The van der Waals surface area contributed by atoms with Crippen LogP contribution in [-0.4, -0.2) is 34.3 Å². The maximum atomic E-state index is 11.9. The van der Waals surface area contributed by atoms with Gasteiger partial charge in [-0.25, -0.2) is 0 Å². The summed E-state index contributed by atoms with van der Waals surface area (Å²) in [6, 6.07) is 1.58. The summed E-state index contributed by atoms with van der Waals surface area (Å²) in [5, 5.41) is 15.4. The number of rotatable bonds is 6. The molecule has 0 saturated heterocycles. The molecule has 7 nitrogen and oxygen atoms in total. The number of aromatic nitrogens is 1. The van der Waals surface area contributed by atoms with Gasteiger partial charge >= 0.3 is 5.97 Å². The van der Waals surface area contributed by atoms with Crippen LogP contribution < -0.4 is 10.1 Å². The number of hydrogen-bond donors (Lipinski definition) is 2. The van der Waals surface area contributed by atoms with E-state index in [0.29, 0.717) is 18.6 Å². The monoisotopic (exact) mass is 282 g/mol. The van der Waals surface area contributed by atoms with Crippen LogP contribution in [0.5, 0.6) is 5.88 Å². The minimum atomic E-state index is -0.903. The van der Waals surface area contributed by atoms with Crippen molar-refractivity contribution < 1.29 is 24.0 Å². The fourth-order valence-electron chi connectivity index (χ4n) is 2.57. The maximum Gasteiger partial charge on any atom is 0.305 e. The minimum absolute atomic E-state index is 0.0538. The molecule has 1 amide bonds. The quantitative estimate of drug-likeness (QED) is 0.814. The Hall–Kier alpha value is -2.05. The highest BCUT2D eigenvalue weighted by atomic mass is 16.5. The molecule has 110 valence electrons. The molecule has 0 spiro atoms. The Morgan fingerprint density at radius 2 is 2.20 bits per heavy atom. The second kappa shape index (κ2) is 5.94. The van der Waals surface area contributed by atoms with E-state index in [1.807, 2.05) is 0 Å². The van der Waals surface area contributed by atoms with Crippen molar-refractivity contribution in [3.05, 3.63) is 11.8 Å². The summed E-state index contributed by atoms with van der Waals surface area (Å²) in [4.78, 5) is 22.8. The molecule has 7 heteroatoms. The highest BCUT2D eigenvalue weighted by molar-refractivity contribution is 5.79. The molecule has 1 aromatic rings. The lowest BCUT2D eigenvalue weighted by atomic mass is 9.93. The number of aryl methyl sites for hydroxylation is 1. The Kier molecular flexibility index (Phi) is 4.26. The molecule has 0 unspecified atom stereocenters. The smallest absolute Gasteiger partial charge is 0.305 e. The highest BCUT2D eigenvalue weighted by Crippen LogP contribution is 2.32. The molecule has 1 aliphatic rings. The van der Waals surface area contributed by atoms with Crippen molar-refractivity contribution in [2.24, 2.45) is 0 Å². The van der Waals surface area contributed by atoms with Crippen LogP contribution in [0, 0.1) is 6.92 Å². The van der Waals surface area contributed by atoms with E-state index in [4.69, 9.17) is 14.4 Å². The lowest BCUT2D eigenvalue weighted by molar-refractivity contribution is -0.139. The van der Waals surface area contributed by atoms with Crippen LogP contribution in [-0.2, 0) is 9.59 Å². The summed E-state index contributed by atoms with van der Waals surface area (Å²) >= 11 is 0. The molecule has 1 fully saturated rings. The molecular formula is C13H18N2O5. The first-order valence-corrected chi connectivity index (χ1v) is 6.58. The van der Waals surface area contributed by atoms with Crippen molar-refractivity contribution in [1.82, 2.24) is 10.5 Å². The van der Waals surface area contributed by atoms with Crippen molar-refractivity contribution in [1.29, 1.82) is 0 Å². The molecule has 0 bridgehead atoms. The number of carbonyl (C=O) groups is 2. The van der Waals surface area contributed by atoms with Gasteiger partial charge in [-0.05, 0) is 24.9 Å². The number of carboxylic acid groups (broad SMARTS) is 1. The number of carboxylic acids is 1. The number of carbonyl (C=O) groups excluding carboxylic acids is 1. The van der Waals surface area contributed by atoms with Crippen LogP contribution in [0.25, 0.3) is 0 Å². The van der Waals surface area contributed by atoms with E-state index in [2.05, 4.69) is 10.5 Å². The van der Waals surface area contributed by atoms with E-state index in [0.717, 1.165) is 12.8 Å². The number of ether oxygens (including phenoxy) is 1. The number of aliphatic carboxylic acids is 1. The summed E-state index contributed by atoms with van der Waals surface area (Å²) in [5.74, 6) is -0.399. The van der Waals surface area contributed by atoms with E-state index in [1.165, 1.54) is 0 Å². The Morgan fingerprint density at radius 3 is 2.75 bits per heavy atom. The standard InChI is InChI=1S/C13H18N2O5/c1-9-6-11(15-20-9)19-8-10(16)14-13(7-12(17)18)4-2-3-5-13/h6H,2-5,7-8H2,1H3,(H,14,16)(H,17,18). The molecule has 2 rings (SSSR count). The zero-order valence-electron chi connectivity index (χ0n) is 11.3. The van der Waals surface area contributed by atoms with E-state index >= 15 is 0 Å². The van der Waals surface area contributed by atoms with Gasteiger partial charge in [0.2, 0.25) is 0 Å². The van der Waals surface area contributed by atoms with Crippen LogP contribution in [0.2, 0.25) is 0 Å². The molecule has 0 atom stereocenters. The first-order valence-electron chi connectivity index (χ1n) is 6.58. The lowest BCUT2D eigenvalue weighted by Crippen LogP contribution is -2.49. The Labute approximate surface area is 116 Å². The second-order valence-electron chi connectivity index (χ2n) is 5.17. The van der Waals surface area contributed by atoms with Gasteiger partial charge in [0.15, 0.2) is 6.61 Å².